The first-order chi connectivity index (χ1) is 8.46. The minimum Gasteiger partial charge on any atom is -0.481 e. The third-order valence-electron chi connectivity index (χ3n) is 2.91. The molecule has 0 bridgehead atoms. The summed E-state index contributed by atoms with van der Waals surface area (Å²) in [5.74, 6) is -1.62. The number of aliphatic carboxylic acids is 1. The van der Waals surface area contributed by atoms with Crippen LogP contribution in [0.25, 0.3) is 0 Å². The van der Waals surface area contributed by atoms with Gasteiger partial charge in [0.25, 0.3) is 0 Å². The summed E-state index contributed by atoms with van der Waals surface area (Å²) in [5.41, 5.74) is 3.86. The molecule has 0 aromatic carbocycles. The maximum absolute atomic E-state index is 11.3. The second-order valence-corrected chi connectivity index (χ2v) is 4.20. The van der Waals surface area contributed by atoms with E-state index < -0.39 is 23.3 Å². The van der Waals surface area contributed by atoms with E-state index in [0.717, 1.165) is 0 Å². The molecular weight excluding hydrogens is 242 g/mol. The van der Waals surface area contributed by atoms with Crippen molar-refractivity contribution in [2.24, 2.45) is 11.1 Å². The lowest BCUT2D eigenvalue weighted by molar-refractivity contribution is -0.154. The quantitative estimate of drug-likeness (QED) is 0.485. The molecule has 8 heteroatoms. The molecule has 0 aromatic rings. The number of urea groups is 1. The summed E-state index contributed by atoms with van der Waals surface area (Å²) in [7, 11) is 0. The number of amides is 3. The van der Waals surface area contributed by atoms with Crippen LogP contribution in [0.2, 0.25) is 0 Å². The van der Waals surface area contributed by atoms with Crippen LogP contribution in [0.5, 0.6) is 0 Å². The molecule has 0 spiro atoms. The van der Waals surface area contributed by atoms with Crippen molar-refractivity contribution in [3.05, 3.63) is 0 Å². The second kappa shape index (κ2) is 6.20. The smallest absolute Gasteiger partial charge is 0.315 e. The van der Waals surface area contributed by atoms with E-state index in [1.807, 2.05) is 0 Å². The fourth-order valence-electron chi connectivity index (χ4n) is 1.71. The first kappa shape index (κ1) is 14.2. The molecule has 18 heavy (non-hydrogen) atoms. The molecule has 1 saturated heterocycles. The van der Waals surface area contributed by atoms with E-state index in [0.29, 0.717) is 26.1 Å². The maximum atomic E-state index is 11.3. The number of carbonyl (C=O) groups is 3. The van der Waals surface area contributed by atoms with Crippen molar-refractivity contribution in [3.8, 4) is 0 Å². The highest BCUT2D eigenvalue weighted by atomic mass is 16.5. The summed E-state index contributed by atoms with van der Waals surface area (Å²) in [6, 6.07) is -0.610. The Kier molecular flexibility index (Phi) is 4.90. The summed E-state index contributed by atoms with van der Waals surface area (Å²) in [5, 5.41) is 13.9. The number of ether oxygens (including phenoxy) is 1. The molecular formula is C10H17N3O5. The van der Waals surface area contributed by atoms with Gasteiger partial charge >= 0.3 is 12.0 Å². The van der Waals surface area contributed by atoms with E-state index in [4.69, 9.17) is 10.5 Å². The van der Waals surface area contributed by atoms with Gasteiger partial charge in [-0.2, -0.15) is 0 Å². The highest BCUT2D eigenvalue weighted by molar-refractivity contribution is 5.83. The lowest BCUT2D eigenvalue weighted by atomic mass is 9.80. The fourth-order valence-corrected chi connectivity index (χ4v) is 1.71. The van der Waals surface area contributed by atoms with Gasteiger partial charge in [0, 0.05) is 19.8 Å². The van der Waals surface area contributed by atoms with Crippen LogP contribution in [0.3, 0.4) is 0 Å². The number of rotatable bonds is 5. The highest BCUT2D eigenvalue weighted by Gasteiger charge is 2.40. The number of carboxylic acid groups (broad SMARTS) is 1. The van der Waals surface area contributed by atoms with Gasteiger partial charge in [-0.15, -0.1) is 0 Å². The standard InChI is InChI=1S/C10H17N3O5/c11-7(14)5-12-9(17)13-6-10(8(15)16)1-3-18-4-2-10/h1-6H2,(H2,11,14)(H,15,16)(H2,12,13,17). The minimum absolute atomic E-state index is 0.00368. The number of nitrogens with two attached hydrogens (primary N) is 1. The summed E-state index contributed by atoms with van der Waals surface area (Å²) >= 11 is 0. The predicted molar refractivity (Wildman–Crippen MR) is 60.7 cm³/mol. The van der Waals surface area contributed by atoms with Crippen LogP contribution < -0.4 is 16.4 Å². The Balaban J connectivity index is 2.45. The minimum atomic E-state index is -0.998. The van der Waals surface area contributed by atoms with Gasteiger partial charge in [0.2, 0.25) is 5.91 Å². The molecule has 0 aliphatic carbocycles. The molecule has 1 aliphatic heterocycles. The van der Waals surface area contributed by atoms with Gasteiger partial charge in [0.1, 0.15) is 0 Å². The Morgan fingerprint density at radius 1 is 1.22 bits per heavy atom. The normalized spacial score (nSPS) is 17.8. The number of nitrogens with one attached hydrogen (secondary N) is 2. The average molecular weight is 259 g/mol. The first-order valence-corrected chi connectivity index (χ1v) is 5.57. The summed E-state index contributed by atoms with van der Waals surface area (Å²) in [6.45, 7) is 0.430. The Morgan fingerprint density at radius 3 is 2.33 bits per heavy atom. The Hall–Kier alpha value is -1.83. The largest absolute Gasteiger partial charge is 0.481 e. The van der Waals surface area contributed by atoms with Crippen molar-refractivity contribution in [2.45, 2.75) is 12.8 Å². The molecule has 0 atom stereocenters. The second-order valence-electron chi connectivity index (χ2n) is 4.20. The molecule has 1 aliphatic rings. The maximum Gasteiger partial charge on any atom is 0.315 e. The number of primary amides is 1. The van der Waals surface area contributed by atoms with Crippen LogP contribution in [0.4, 0.5) is 4.79 Å². The number of hydrogen-bond acceptors (Lipinski definition) is 4. The SMILES string of the molecule is NC(=O)CNC(=O)NCC1(C(=O)O)CCOCC1. The number of carboxylic acids is 1. The molecule has 0 saturated carbocycles. The van der Waals surface area contributed by atoms with Crippen LogP contribution in [0, 0.1) is 5.41 Å². The molecule has 1 rings (SSSR count). The predicted octanol–water partition coefficient (Wildman–Crippen LogP) is -1.35. The van der Waals surface area contributed by atoms with Gasteiger partial charge < -0.3 is 26.2 Å². The van der Waals surface area contributed by atoms with Crippen molar-refractivity contribution >= 4 is 17.9 Å². The van der Waals surface area contributed by atoms with Gasteiger partial charge in [0.05, 0.1) is 12.0 Å². The molecule has 102 valence electrons. The van der Waals surface area contributed by atoms with E-state index in [1.165, 1.54) is 0 Å². The van der Waals surface area contributed by atoms with Crippen LogP contribution in [-0.2, 0) is 14.3 Å². The molecule has 8 nitrogen and oxygen atoms in total. The highest BCUT2D eigenvalue weighted by Crippen LogP contribution is 2.29. The van der Waals surface area contributed by atoms with Crippen LogP contribution in [-0.4, -0.2) is 49.3 Å². The number of carbonyl (C=O) groups excluding carboxylic acids is 2. The zero-order valence-electron chi connectivity index (χ0n) is 9.90. The monoisotopic (exact) mass is 259 g/mol. The zero-order valence-corrected chi connectivity index (χ0v) is 9.90. The number of hydrogen-bond donors (Lipinski definition) is 4. The molecule has 0 aromatic heterocycles. The van der Waals surface area contributed by atoms with Crippen molar-refractivity contribution in [1.82, 2.24) is 10.6 Å². The van der Waals surface area contributed by atoms with Crippen LogP contribution >= 0.6 is 0 Å². The lowest BCUT2D eigenvalue weighted by Crippen LogP contribution is -2.49. The van der Waals surface area contributed by atoms with Gasteiger partial charge in [-0.05, 0) is 12.8 Å². The molecule has 0 unspecified atom stereocenters. The van der Waals surface area contributed by atoms with Gasteiger partial charge in [-0.1, -0.05) is 0 Å². The van der Waals surface area contributed by atoms with E-state index in [1.54, 1.807) is 0 Å². The van der Waals surface area contributed by atoms with Gasteiger partial charge in [-0.25, -0.2) is 4.79 Å². The molecule has 0 radical (unpaired) electrons. The first-order valence-electron chi connectivity index (χ1n) is 5.57. The third kappa shape index (κ3) is 3.88. The topological polar surface area (TPSA) is 131 Å². The molecule has 5 N–H and O–H groups in total. The average Bonchev–Trinajstić information content (AvgIpc) is 2.34. The Labute approximate surface area is 104 Å². The van der Waals surface area contributed by atoms with E-state index in [2.05, 4.69) is 10.6 Å². The van der Waals surface area contributed by atoms with Crippen molar-refractivity contribution in [3.63, 3.8) is 0 Å². The fraction of sp³-hybridized carbons (Fsp3) is 0.700. The van der Waals surface area contributed by atoms with Crippen LogP contribution in [0.1, 0.15) is 12.8 Å². The van der Waals surface area contributed by atoms with Crippen molar-refractivity contribution in [1.29, 1.82) is 0 Å². The van der Waals surface area contributed by atoms with Gasteiger partial charge in [-0.3, -0.25) is 9.59 Å². The Bertz CT molecular complexity index is 338. The molecule has 1 fully saturated rings. The van der Waals surface area contributed by atoms with E-state index >= 15 is 0 Å². The summed E-state index contributed by atoms with van der Waals surface area (Å²) in [6.07, 6.45) is 0.691. The van der Waals surface area contributed by atoms with Gasteiger partial charge in [0.15, 0.2) is 0 Å². The summed E-state index contributed by atoms with van der Waals surface area (Å²) in [4.78, 5) is 33.0. The molecule has 1 heterocycles. The van der Waals surface area contributed by atoms with E-state index in [-0.39, 0.29) is 13.1 Å². The van der Waals surface area contributed by atoms with Crippen molar-refractivity contribution < 1.29 is 24.2 Å². The summed E-state index contributed by atoms with van der Waals surface area (Å²) < 4.78 is 5.11. The van der Waals surface area contributed by atoms with E-state index in [9.17, 15) is 19.5 Å². The lowest BCUT2D eigenvalue weighted by Gasteiger charge is -2.33. The Morgan fingerprint density at radius 2 is 1.83 bits per heavy atom. The van der Waals surface area contributed by atoms with Crippen LogP contribution in [0.15, 0.2) is 0 Å². The molecule has 3 amide bonds. The third-order valence-corrected chi connectivity index (χ3v) is 2.91. The van der Waals surface area contributed by atoms with Crippen molar-refractivity contribution in [2.75, 3.05) is 26.3 Å². The zero-order chi connectivity index (χ0) is 13.6.